The van der Waals surface area contributed by atoms with Crippen LogP contribution in [0.3, 0.4) is 0 Å². The van der Waals surface area contributed by atoms with Crippen molar-refractivity contribution < 1.29 is 18.7 Å². The van der Waals surface area contributed by atoms with Crippen LogP contribution in [0.4, 0.5) is 10.3 Å². The number of hydrogen-bond donors (Lipinski definition) is 1. The van der Waals surface area contributed by atoms with Gasteiger partial charge in [-0.15, -0.1) is 0 Å². The highest BCUT2D eigenvalue weighted by molar-refractivity contribution is 5.79. The molecule has 2 aliphatic rings. The molecule has 2 aliphatic heterocycles. The third-order valence-corrected chi connectivity index (χ3v) is 5.79. The van der Waals surface area contributed by atoms with E-state index >= 15 is 0 Å². The predicted octanol–water partition coefficient (Wildman–Crippen LogP) is 3.54. The predicted molar refractivity (Wildman–Crippen MR) is 117 cm³/mol. The molecule has 32 heavy (non-hydrogen) atoms. The van der Waals surface area contributed by atoms with Crippen molar-refractivity contribution >= 4 is 11.9 Å². The molecule has 0 aliphatic carbocycles. The highest BCUT2D eigenvalue weighted by atomic mass is 19.1. The van der Waals surface area contributed by atoms with Crippen LogP contribution in [0.1, 0.15) is 18.4 Å². The van der Waals surface area contributed by atoms with E-state index in [4.69, 9.17) is 9.47 Å². The number of piperidine rings is 1. The summed E-state index contributed by atoms with van der Waals surface area (Å²) >= 11 is 0. The Balaban J connectivity index is 1.19. The topological polar surface area (TPSA) is 76.6 Å². The monoisotopic (exact) mass is 434 g/mol. The molecular formula is C24H23FN4O3. The fourth-order valence-corrected chi connectivity index (χ4v) is 4.03. The second kappa shape index (κ2) is 8.82. The van der Waals surface area contributed by atoms with Gasteiger partial charge in [-0.05, 0) is 48.2 Å². The van der Waals surface area contributed by atoms with Gasteiger partial charge in [-0.1, -0.05) is 18.2 Å². The molecule has 3 heterocycles. The molecule has 0 radical (unpaired) electrons. The van der Waals surface area contributed by atoms with Crippen molar-refractivity contribution in [2.45, 2.75) is 19.4 Å². The Hall–Kier alpha value is -3.68. The highest BCUT2D eigenvalue weighted by Gasteiger charge is 2.27. The Morgan fingerprint density at radius 1 is 1.06 bits per heavy atom. The summed E-state index contributed by atoms with van der Waals surface area (Å²) < 4.78 is 23.9. The molecule has 2 aromatic carbocycles. The zero-order chi connectivity index (χ0) is 21.9. The van der Waals surface area contributed by atoms with Gasteiger partial charge in [0.1, 0.15) is 5.82 Å². The lowest BCUT2D eigenvalue weighted by atomic mass is 9.97. The molecule has 0 unspecified atom stereocenters. The van der Waals surface area contributed by atoms with Crippen molar-refractivity contribution in [3.8, 4) is 22.6 Å². The van der Waals surface area contributed by atoms with E-state index in [0.717, 1.165) is 41.8 Å². The van der Waals surface area contributed by atoms with Crippen molar-refractivity contribution in [1.29, 1.82) is 0 Å². The summed E-state index contributed by atoms with van der Waals surface area (Å²) in [7, 11) is 0. The molecule has 0 bridgehead atoms. The number of halogens is 1. The fourth-order valence-electron chi connectivity index (χ4n) is 4.03. The Bertz CT molecular complexity index is 1110. The van der Waals surface area contributed by atoms with Crippen LogP contribution in [0.2, 0.25) is 0 Å². The Morgan fingerprint density at radius 2 is 1.84 bits per heavy atom. The van der Waals surface area contributed by atoms with Crippen LogP contribution in [-0.4, -0.2) is 35.8 Å². The molecule has 1 N–H and O–H groups in total. The normalized spacial score (nSPS) is 17.3. The van der Waals surface area contributed by atoms with E-state index < -0.39 is 0 Å². The number of carbonyl (C=O) groups excluding carboxylic acids is 1. The zero-order valence-electron chi connectivity index (χ0n) is 17.5. The van der Waals surface area contributed by atoms with Crippen molar-refractivity contribution in [3.05, 3.63) is 66.2 Å². The van der Waals surface area contributed by atoms with E-state index in [1.54, 1.807) is 24.5 Å². The van der Waals surface area contributed by atoms with Crippen LogP contribution < -0.4 is 19.7 Å². The number of benzene rings is 2. The lowest BCUT2D eigenvalue weighted by Crippen LogP contribution is -2.43. The Kier molecular flexibility index (Phi) is 5.58. The van der Waals surface area contributed by atoms with E-state index in [9.17, 15) is 9.18 Å². The van der Waals surface area contributed by atoms with Crippen molar-refractivity contribution in [2.75, 3.05) is 24.8 Å². The zero-order valence-corrected chi connectivity index (χ0v) is 17.5. The molecule has 0 spiro atoms. The van der Waals surface area contributed by atoms with Gasteiger partial charge in [-0.2, -0.15) is 0 Å². The molecule has 3 aromatic rings. The van der Waals surface area contributed by atoms with E-state index in [-0.39, 0.29) is 24.4 Å². The smallest absolute Gasteiger partial charge is 0.231 e. The van der Waals surface area contributed by atoms with Crippen molar-refractivity contribution in [1.82, 2.24) is 15.3 Å². The molecule has 1 amide bonds. The minimum absolute atomic E-state index is 0.0234. The van der Waals surface area contributed by atoms with Crippen LogP contribution >= 0.6 is 0 Å². The van der Waals surface area contributed by atoms with Gasteiger partial charge in [0.15, 0.2) is 11.5 Å². The van der Waals surface area contributed by atoms with Crippen LogP contribution in [0.15, 0.2) is 54.9 Å². The number of hydrogen-bond acceptors (Lipinski definition) is 6. The number of aromatic nitrogens is 2. The molecular weight excluding hydrogens is 411 g/mol. The number of ether oxygens (including phenoxy) is 2. The average molecular weight is 434 g/mol. The number of amides is 1. The Morgan fingerprint density at radius 3 is 2.66 bits per heavy atom. The molecule has 164 valence electrons. The number of nitrogens with one attached hydrogen (secondary N) is 1. The van der Waals surface area contributed by atoms with E-state index in [2.05, 4.69) is 15.3 Å². The SMILES string of the molecule is O=C(NCc1ccc2c(c1)OCO2)[C@H]1CCCN(c2ncc(-c3ccc(F)cc3)cn2)C1. The molecule has 5 rings (SSSR count). The molecule has 1 saturated heterocycles. The van der Waals surface area contributed by atoms with Crippen LogP contribution in [0.25, 0.3) is 11.1 Å². The minimum atomic E-state index is -0.276. The van der Waals surface area contributed by atoms with Crippen molar-refractivity contribution in [2.24, 2.45) is 5.92 Å². The van der Waals surface area contributed by atoms with Gasteiger partial charge in [0.05, 0.1) is 5.92 Å². The number of rotatable bonds is 5. The molecule has 0 saturated carbocycles. The Labute approximate surface area is 185 Å². The quantitative estimate of drug-likeness (QED) is 0.662. The fraction of sp³-hybridized carbons (Fsp3) is 0.292. The number of fused-ring (bicyclic) bond motifs is 1. The lowest BCUT2D eigenvalue weighted by Gasteiger charge is -2.32. The summed E-state index contributed by atoms with van der Waals surface area (Å²) in [4.78, 5) is 23.8. The summed E-state index contributed by atoms with van der Waals surface area (Å²) in [5, 5.41) is 3.03. The van der Waals surface area contributed by atoms with Gasteiger partial charge in [-0.3, -0.25) is 4.79 Å². The summed E-state index contributed by atoms with van der Waals surface area (Å²) in [5.74, 6) is 1.66. The lowest BCUT2D eigenvalue weighted by molar-refractivity contribution is -0.125. The van der Waals surface area contributed by atoms with Gasteiger partial charge < -0.3 is 19.7 Å². The molecule has 7 nitrogen and oxygen atoms in total. The van der Waals surface area contributed by atoms with E-state index in [1.807, 2.05) is 23.1 Å². The minimum Gasteiger partial charge on any atom is -0.454 e. The highest BCUT2D eigenvalue weighted by Crippen LogP contribution is 2.32. The van der Waals surface area contributed by atoms with Crippen molar-refractivity contribution in [3.63, 3.8) is 0 Å². The first-order valence-electron chi connectivity index (χ1n) is 10.6. The second-order valence-electron chi connectivity index (χ2n) is 7.97. The van der Waals surface area contributed by atoms with Gasteiger partial charge in [0.2, 0.25) is 18.6 Å². The third kappa shape index (κ3) is 4.34. The van der Waals surface area contributed by atoms with Crippen LogP contribution in [0, 0.1) is 11.7 Å². The second-order valence-corrected chi connectivity index (χ2v) is 7.97. The molecule has 1 aromatic heterocycles. The maximum Gasteiger partial charge on any atom is 0.231 e. The summed E-state index contributed by atoms with van der Waals surface area (Å²) in [6.45, 7) is 2.05. The summed E-state index contributed by atoms with van der Waals surface area (Å²) in [5.41, 5.74) is 2.65. The van der Waals surface area contributed by atoms with Gasteiger partial charge >= 0.3 is 0 Å². The number of carbonyl (C=O) groups is 1. The maximum absolute atomic E-state index is 13.1. The average Bonchev–Trinajstić information content (AvgIpc) is 3.31. The van der Waals surface area contributed by atoms with Crippen LogP contribution in [-0.2, 0) is 11.3 Å². The van der Waals surface area contributed by atoms with Crippen LogP contribution in [0.5, 0.6) is 11.5 Å². The first-order chi connectivity index (χ1) is 15.7. The third-order valence-electron chi connectivity index (χ3n) is 5.79. The molecule has 8 heteroatoms. The first-order valence-corrected chi connectivity index (χ1v) is 10.6. The number of anilines is 1. The van der Waals surface area contributed by atoms with Gasteiger partial charge in [0, 0.05) is 37.6 Å². The summed E-state index contributed by atoms with van der Waals surface area (Å²) in [6, 6.07) is 11.9. The molecule has 1 atom stereocenters. The largest absolute Gasteiger partial charge is 0.454 e. The standard InChI is InChI=1S/C24H23FN4O3/c25-20-6-4-17(5-7-20)19-12-27-24(28-13-19)29-9-1-2-18(14-29)23(30)26-11-16-3-8-21-22(10-16)32-15-31-21/h3-8,10,12-13,18H,1-2,9,11,14-15H2,(H,26,30)/t18-/m0/s1. The number of nitrogens with zero attached hydrogens (tertiary/aromatic N) is 3. The van der Waals surface area contributed by atoms with Gasteiger partial charge in [0.25, 0.3) is 0 Å². The first kappa shape index (κ1) is 20.2. The molecule has 1 fully saturated rings. The van der Waals surface area contributed by atoms with Gasteiger partial charge in [-0.25, -0.2) is 14.4 Å². The summed E-state index contributed by atoms with van der Waals surface area (Å²) in [6.07, 6.45) is 5.19. The van der Waals surface area contributed by atoms with E-state index in [0.29, 0.717) is 24.8 Å². The maximum atomic E-state index is 13.1. The van der Waals surface area contributed by atoms with E-state index in [1.165, 1.54) is 12.1 Å².